The van der Waals surface area contributed by atoms with Crippen LogP contribution >= 0.6 is 11.3 Å². The molecule has 196 valence electrons. The Labute approximate surface area is 219 Å². The minimum atomic E-state index is -3.71. The molecule has 0 aliphatic carbocycles. The second-order valence-electron chi connectivity index (χ2n) is 8.80. The van der Waals surface area contributed by atoms with Gasteiger partial charge in [-0.3, -0.25) is 9.30 Å². The van der Waals surface area contributed by atoms with Crippen molar-refractivity contribution in [2.24, 2.45) is 0 Å². The number of aromatic nitrogens is 2. The van der Waals surface area contributed by atoms with Gasteiger partial charge in [-0.25, -0.2) is 17.8 Å². The van der Waals surface area contributed by atoms with Gasteiger partial charge >= 0.3 is 0 Å². The van der Waals surface area contributed by atoms with Gasteiger partial charge < -0.3 is 9.47 Å². The van der Waals surface area contributed by atoms with Crippen molar-refractivity contribution in [1.82, 2.24) is 18.6 Å². The third-order valence-electron chi connectivity index (χ3n) is 6.51. The molecule has 0 unspecified atom stereocenters. The van der Waals surface area contributed by atoms with Crippen molar-refractivity contribution >= 4 is 26.3 Å². The summed E-state index contributed by atoms with van der Waals surface area (Å²) in [5, 5.41) is 2.01. The average Bonchev–Trinajstić information content (AvgIpc) is 3.51. The Morgan fingerprint density at radius 2 is 1.81 bits per heavy atom. The maximum absolute atomic E-state index is 13.6. The molecule has 0 atom stereocenters. The lowest BCUT2D eigenvalue weighted by Gasteiger charge is -2.29. The van der Waals surface area contributed by atoms with Crippen LogP contribution < -0.4 is 4.74 Å². The van der Waals surface area contributed by atoms with E-state index in [0.717, 1.165) is 35.0 Å². The first-order valence-corrected chi connectivity index (χ1v) is 14.4. The summed E-state index contributed by atoms with van der Waals surface area (Å²) in [4.78, 5) is 7.95. The first-order valence-electron chi connectivity index (χ1n) is 12.1. The zero-order chi connectivity index (χ0) is 25.8. The first kappa shape index (κ1) is 25.8. The molecule has 1 fully saturated rings. The van der Waals surface area contributed by atoms with E-state index in [9.17, 15) is 12.8 Å². The quantitative estimate of drug-likeness (QED) is 0.303. The number of morpholine rings is 1. The van der Waals surface area contributed by atoms with Crippen LogP contribution in [0.15, 0.2) is 65.0 Å². The molecule has 1 aliphatic rings. The Kier molecular flexibility index (Phi) is 7.87. The average molecular weight is 545 g/mol. The largest absolute Gasteiger partial charge is 0.497 e. The van der Waals surface area contributed by atoms with Gasteiger partial charge in [0.2, 0.25) is 10.0 Å². The van der Waals surface area contributed by atoms with Gasteiger partial charge in [0.15, 0.2) is 4.96 Å². The van der Waals surface area contributed by atoms with Crippen LogP contribution in [0.5, 0.6) is 5.75 Å². The third-order valence-corrected chi connectivity index (χ3v) is 9.31. The third kappa shape index (κ3) is 5.86. The van der Waals surface area contributed by atoms with E-state index in [1.54, 1.807) is 47.8 Å². The highest BCUT2D eigenvalue weighted by Gasteiger charge is 2.26. The van der Waals surface area contributed by atoms with Crippen molar-refractivity contribution in [1.29, 1.82) is 0 Å². The number of hydrogen-bond acceptors (Lipinski definition) is 7. The topological polar surface area (TPSA) is 76.4 Å². The Balaban J connectivity index is 1.36. The normalized spacial score (nSPS) is 15.0. The van der Waals surface area contributed by atoms with Crippen molar-refractivity contribution in [2.75, 3.05) is 53.0 Å². The number of rotatable bonds is 10. The minimum absolute atomic E-state index is 0.243. The van der Waals surface area contributed by atoms with Crippen LogP contribution in [-0.4, -0.2) is 80.1 Å². The fraction of sp³-hybridized carbons (Fsp3) is 0.346. The van der Waals surface area contributed by atoms with Gasteiger partial charge in [0.05, 0.1) is 30.9 Å². The molecule has 2 aromatic heterocycles. The Morgan fingerprint density at radius 3 is 2.51 bits per heavy atom. The number of benzene rings is 2. The molecule has 0 amide bonds. The summed E-state index contributed by atoms with van der Waals surface area (Å²) in [7, 11) is -2.16. The van der Waals surface area contributed by atoms with Gasteiger partial charge in [-0.1, -0.05) is 0 Å². The number of ether oxygens (including phenoxy) is 2. The number of imidazole rings is 1. The van der Waals surface area contributed by atoms with E-state index in [4.69, 9.17) is 9.47 Å². The second kappa shape index (κ2) is 11.3. The molecule has 0 saturated carbocycles. The monoisotopic (exact) mass is 544 g/mol. The van der Waals surface area contributed by atoms with Crippen molar-refractivity contribution in [3.05, 3.63) is 71.6 Å². The molecule has 1 aliphatic heterocycles. The molecule has 5 rings (SSSR count). The maximum Gasteiger partial charge on any atom is 0.243 e. The molecular formula is C26H29FN4O4S2. The summed E-state index contributed by atoms with van der Waals surface area (Å²) in [6.07, 6.45) is 2.45. The van der Waals surface area contributed by atoms with E-state index < -0.39 is 10.0 Å². The highest BCUT2D eigenvalue weighted by Crippen LogP contribution is 2.25. The van der Waals surface area contributed by atoms with Gasteiger partial charge in [0.25, 0.3) is 0 Å². The molecule has 8 nitrogen and oxygen atoms in total. The summed E-state index contributed by atoms with van der Waals surface area (Å²) in [5.74, 6) is 0.317. The summed E-state index contributed by atoms with van der Waals surface area (Å²) < 4.78 is 54.8. The molecule has 11 heteroatoms. The van der Waals surface area contributed by atoms with Crippen LogP contribution in [0.4, 0.5) is 4.39 Å². The number of thiazole rings is 1. The molecule has 0 radical (unpaired) electrons. The zero-order valence-corrected chi connectivity index (χ0v) is 22.2. The number of nitrogens with zero attached hydrogens (tertiary/aromatic N) is 4. The second-order valence-corrected chi connectivity index (χ2v) is 11.6. The highest BCUT2D eigenvalue weighted by molar-refractivity contribution is 7.89. The maximum atomic E-state index is 13.6. The number of sulfonamides is 1. The molecule has 1 saturated heterocycles. The fourth-order valence-electron chi connectivity index (χ4n) is 4.33. The van der Waals surface area contributed by atoms with Gasteiger partial charge in [0, 0.05) is 62.0 Å². The summed E-state index contributed by atoms with van der Waals surface area (Å²) in [6.45, 7) is 4.26. The van der Waals surface area contributed by atoms with E-state index in [2.05, 4.69) is 9.88 Å². The number of methoxy groups -OCH3 is 1. The number of fused-ring (bicyclic) bond motifs is 1. The van der Waals surface area contributed by atoms with E-state index in [1.807, 2.05) is 16.0 Å². The molecule has 0 spiro atoms. The minimum Gasteiger partial charge on any atom is -0.497 e. The Bertz CT molecular complexity index is 1430. The molecule has 0 bridgehead atoms. The number of halogens is 1. The highest BCUT2D eigenvalue weighted by atomic mass is 32.2. The molecule has 0 N–H and O–H groups in total. The lowest BCUT2D eigenvalue weighted by Crippen LogP contribution is -2.43. The van der Waals surface area contributed by atoms with Crippen molar-refractivity contribution in [3.63, 3.8) is 0 Å². The van der Waals surface area contributed by atoms with Crippen LogP contribution in [0.25, 0.3) is 16.2 Å². The van der Waals surface area contributed by atoms with Crippen LogP contribution in [-0.2, 0) is 21.2 Å². The van der Waals surface area contributed by atoms with E-state index in [1.165, 1.54) is 23.5 Å². The SMILES string of the molecule is COc1ccc(S(=O)(=O)N(CCc2csc3nc(-c4ccc(F)cc4)cn23)CCN2CCOCC2)cc1. The van der Waals surface area contributed by atoms with Gasteiger partial charge in [-0.05, 0) is 48.5 Å². The predicted octanol–water partition coefficient (Wildman–Crippen LogP) is 3.78. The predicted molar refractivity (Wildman–Crippen MR) is 141 cm³/mol. The standard InChI is InChI=1S/C26H29FN4O4S2/c1-34-23-6-8-24(9-7-23)37(32,33)30(13-12-29-14-16-35-17-15-29)11-10-22-19-36-26-28-25(18-31(22)26)20-2-4-21(27)5-3-20/h2-9,18-19H,10-17H2,1H3. The zero-order valence-electron chi connectivity index (χ0n) is 20.5. The van der Waals surface area contributed by atoms with Crippen molar-refractivity contribution in [3.8, 4) is 17.0 Å². The summed E-state index contributed by atoms with van der Waals surface area (Å²) >= 11 is 1.50. The molecule has 37 heavy (non-hydrogen) atoms. The van der Waals surface area contributed by atoms with E-state index >= 15 is 0 Å². The molecule has 4 aromatic rings. The lowest BCUT2D eigenvalue weighted by atomic mass is 10.2. The van der Waals surface area contributed by atoms with Crippen LogP contribution in [0.2, 0.25) is 0 Å². The smallest absolute Gasteiger partial charge is 0.243 e. The van der Waals surface area contributed by atoms with E-state index in [-0.39, 0.29) is 10.7 Å². The van der Waals surface area contributed by atoms with Crippen LogP contribution in [0.1, 0.15) is 5.69 Å². The van der Waals surface area contributed by atoms with Gasteiger partial charge in [-0.2, -0.15) is 4.31 Å². The Hall–Kier alpha value is -2.83. The van der Waals surface area contributed by atoms with Gasteiger partial charge in [0.1, 0.15) is 11.6 Å². The van der Waals surface area contributed by atoms with Crippen molar-refractivity contribution < 1.29 is 22.3 Å². The first-order chi connectivity index (χ1) is 17.9. The van der Waals surface area contributed by atoms with Crippen molar-refractivity contribution in [2.45, 2.75) is 11.3 Å². The lowest BCUT2D eigenvalue weighted by molar-refractivity contribution is 0.0363. The molecule has 3 heterocycles. The number of hydrogen-bond donors (Lipinski definition) is 0. The Morgan fingerprint density at radius 1 is 1.08 bits per heavy atom. The molecule has 2 aromatic carbocycles. The van der Waals surface area contributed by atoms with Crippen LogP contribution in [0, 0.1) is 5.82 Å². The molecular weight excluding hydrogens is 515 g/mol. The van der Waals surface area contributed by atoms with Crippen LogP contribution in [0.3, 0.4) is 0 Å². The fourth-order valence-corrected chi connectivity index (χ4v) is 6.67. The van der Waals surface area contributed by atoms with Gasteiger partial charge in [-0.15, -0.1) is 11.3 Å². The summed E-state index contributed by atoms with van der Waals surface area (Å²) in [6, 6.07) is 12.7. The summed E-state index contributed by atoms with van der Waals surface area (Å²) in [5.41, 5.74) is 2.56. The van der Waals surface area contributed by atoms with E-state index in [0.29, 0.717) is 45.0 Å².